The Balaban J connectivity index is 1.45. The topological polar surface area (TPSA) is 12.9 Å². The quantitative estimate of drug-likeness (QED) is 0.355. The summed E-state index contributed by atoms with van der Waals surface area (Å²) < 4.78 is 0. The van der Waals surface area contributed by atoms with Crippen molar-refractivity contribution in [1.82, 2.24) is 4.98 Å². The Labute approximate surface area is 192 Å². The number of hydrogen-bond donors (Lipinski definition) is 0. The van der Waals surface area contributed by atoms with Crippen molar-refractivity contribution in [2.75, 3.05) is 0 Å². The molecule has 1 nitrogen and oxygen atoms in total. The summed E-state index contributed by atoms with van der Waals surface area (Å²) in [5.74, 6) is 6.54. The first-order valence-corrected chi connectivity index (χ1v) is 12.4. The summed E-state index contributed by atoms with van der Waals surface area (Å²) >= 11 is 12.6. The summed E-state index contributed by atoms with van der Waals surface area (Å²) in [7, 11) is 0. The molecule has 8 unspecified atom stereocenters. The van der Waals surface area contributed by atoms with Crippen LogP contribution < -0.4 is 0 Å². The molecule has 3 heteroatoms. The van der Waals surface area contributed by atoms with Crippen molar-refractivity contribution in [3.05, 3.63) is 76.0 Å². The average molecular weight is 444 g/mol. The molecule has 31 heavy (non-hydrogen) atoms. The second kappa shape index (κ2) is 5.56. The van der Waals surface area contributed by atoms with Crippen molar-refractivity contribution < 1.29 is 0 Å². The van der Waals surface area contributed by atoms with Crippen LogP contribution in [0.25, 0.3) is 22.3 Å². The molecule has 2 aromatic carbocycles. The maximum absolute atomic E-state index is 6.32. The number of nitrogens with zero attached hydrogens (tertiary/aromatic N) is 1. The Morgan fingerprint density at radius 2 is 1.48 bits per heavy atom. The molecule has 9 rings (SSSR count). The standard InChI is InChI=1S/C28H23Cl2N/c1-13-9-17-18-12-21(27-25(17)26(18)27)28(13)19-7-3-2-5-16(19)24-15(6-4-8-20(24)28)14-10-22(29)31-23(30)11-14/h2-8,10-11,13,17-18,21,25-27H,9,12H2,1H3. The number of pyridine rings is 1. The van der Waals surface area contributed by atoms with Gasteiger partial charge in [0.25, 0.3) is 0 Å². The molecule has 6 aliphatic carbocycles. The minimum atomic E-state index is 0.153. The Morgan fingerprint density at radius 1 is 0.806 bits per heavy atom. The molecule has 0 saturated heterocycles. The third-order valence-corrected chi connectivity index (χ3v) is 10.3. The third kappa shape index (κ3) is 1.88. The Morgan fingerprint density at radius 3 is 2.23 bits per heavy atom. The lowest BCUT2D eigenvalue weighted by Crippen LogP contribution is -2.40. The molecule has 3 aromatic rings. The predicted octanol–water partition coefficient (Wildman–Crippen LogP) is 7.49. The monoisotopic (exact) mass is 443 g/mol. The van der Waals surface area contributed by atoms with Crippen molar-refractivity contribution in [3.63, 3.8) is 0 Å². The van der Waals surface area contributed by atoms with Crippen LogP contribution in [0.5, 0.6) is 0 Å². The number of rotatable bonds is 1. The van der Waals surface area contributed by atoms with E-state index in [1.807, 2.05) is 12.1 Å². The molecule has 6 aliphatic rings. The number of aromatic nitrogens is 1. The van der Waals surface area contributed by atoms with Gasteiger partial charge in [0.1, 0.15) is 10.3 Å². The summed E-state index contributed by atoms with van der Waals surface area (Å²) in [5.41, 5.74) is 8.41. The lowest BCUT2D eigenvalue weighted by molar-refractivity contribution is 0.123. The Kier molecular flexibility index (Phi) is 3.17. The predicted molar refractivity (Wildman–Crippen MR) is 125 cm³/mol. The van der Waals surface area contributed by atoms with E-state index in [-0.39, 0.29) is 5.41 Å². The van der Waals surface area contributed by atoms with Crippen LogP contribution in [0.4, 0.5) is 0 Å². The van der Waals surface area contributed by atoms with Gasteiger partial charge in [0, 0.05) is 5.41 Å². The molecular formula is C28H23Cl2N. The van der Waals surface area contributed by atoms with E-state index in [1.165, 1.54) is 29.5 Å². The maximum Gasteiger partial charge on any atom is 0.131 e. The molecule has 1 heterocycles. The van der Waals surface area contributed by atoms with E-state index in [2.05, 4.69) is 54.4 Å². The molecule has 154 valence electrons. The van der Waals surface area contributed by atoms with Gasteiger partial charge in [0.05, 0.1) is 0 Å². The molecular weight excluding hydrogens is 421 g/mol. The lowest BCUT2D eigenvalue weighted by atomic mass is 9.60. The van der Waals surface area contributed by atoms with Gasteiger partial charge in [-0.05, 0) is 99.8 Å². The summed E-state index contributed by atoms with van der Waals surface area (Å²) in [6, 6.07) is 20.1. The fourth-order valence-corrected chi connectivity index (χ4v) is 9.70. The van der Waals surface area contributed by atoms with Crippen molar-refractivity contribution >= 4 is 23.2 Å². The third-order valence-electron chi connectivity index (χ3n) is 9.94. The highest BCUT2D eigenvalue weighted by molar-refractivity contribution is 6.33. The second-order valence-corrected chi connectivity index (χ2v) is 11.5. The molecule has 8 atom stereocenters. The van der Waals surface area contributed by atoms with Crippen LogP contribution >= 0.6 is 23.2 Å². The zero-order chi connectivity index (χ0) is 20.6. The van der Waals surface area contributed by atoms with Crippen molar-refractivity contribution in [1.29, 1.82) is 0 Å². The molecule has 0 N–H and O–H groups in total. The highest BCUT2D eigenvalue weighted by atomic mass is 35.5. The average Bonchev–Trinajstić information content (AvgIpc) is 3.21. The van der Waals surface area contributed by atoms with Crippen LogP contribution in [0.2, 0.25) is 10.3 Å². The molecule has 0 amide bonds. The smallest absolute Gasteiger partial charge is 0.131 e. The normalized spacial score (nSPS) is 39.6. The first-order chi connectivity index (χ1) is 15.1. The van der Waals surface area contributed by atoms with E-state index < -0.39 is 0 Å². The van der Waals surface area contributed by atoms with E-state index in [9.17, 15) is 0 Å². The molecule has 0 aliphatic heterocycles. The number of hydrogen-bond acceptors (Lipinski definition) is 1. The number of halogens is 2. The van der Waals surface area contributed by atoms with Gasteiger partial charge in [-0.25, -0.2) is 4.98 Å². The Bertz CT molecular complexity index is 1280. The van der Waals surface area contributed by atoms with Gasteiger partial charge in [0.2, 0.25) is 0 Å². The van der Waals surface area contributed by atoms with Crippen molar-refractivity contribution in [2.45, 2.75) is 25.2 Å². The van der Waals surface area contributed by atoms with Crippen LogP contribution in [0, 0.1) is 41.4 Å². The van der Waals surface area contributed by atoms with Crippen molar-refractivity contribution in [3.8, 4) is 22.3 Å². The highest BCUT2D eigenvalue weighted by Crippen LogP contribution is 2.85. The number of benzene rings is 2. The minimum absolute atomic E-state index is 0.153. The van der Waals surface area contributed by atoms with Crippen LogP contribution in [0.1, 0.15) is 30.9 Å². The van der Waals surface area contributed by atoms with Gasteiger partial charge in [0.15, 0.2) is 0 Å². The fourth-order valence-electron chi connectivity index (χ4n) is 9.24. The molecule has 3 bridgehead atoms. The van der Waals surface area contributed by atoms with E-state index in [4.69, 9.17) is 23.2 Å². The van der Waals surface area contributed by atoms with Crippen LogP contribution in [-0.4, -0.2) is 4.98 Å². The first-order valence-electron chi connectivity index (χ1n) is 11.7. The van der Waals surface area contributed by atoms with Gasteiger partial charge in [-0.3, -0.25) is 0 Å². The summed E-state index contributed by atoms with van der Waals surface area (Å²) in [4.78, 5) is 4.19. The van der Waals surface area contributed by atoms with Crippen LogP contribution in [0.15, 0.2) is 54.6 Å². The zero-order valence-electron chi connectivity index (χ0n) is 17.4. The second-order valence-electron chi connectivity index (χ2n) is 10.7. The first kappa shape index (κ1) is 17.7. The van der Waals surface area contributed by atoms with Gasteiger partial charge < -0.3 is 0 Å². The van der Waals surface area contributed by atoms with E-state index in [1.54, 1.807) is 11.1 Å². The Hall–Kier alpha value is -1.83. The van der Waals surface area contributed by atoms with Gasteiger partial charge >= 0.3 is 0 Å². The molecule has 1 aromatic heterocycles. The van der Waals surface area contributed by atoms with E-state index >= 15 is 0 Å². The maximum atomic E-state index is 6.32. The fraction of sp³-hybridized carbons (Fsp3) is 0.393. The molecule has 0 radical (unpaired) electrons. The van der Waals surface area contributed by atoms with Gasteiger partial charge in [-0.15, -0.1) is 0 Å². The zero-order valence-corrected chi connectivity index (χ0v) is 18.9. The molecule has 5 saturated carbocycles. The SMILES string of the molecule is CC1CC2C3CC(C4C2C34)C12c1ccccc1-c1c(-c3cc(Cl)nc(Cl)c3)cccc12. The highest BCUT2D eigenvalue weighted by Gasteiger charge is 2.80. The van der Waals surface area contributed by atoms with Gasteiger partial charge in [-0.1, -0.05) is 72.6 Å². The van der Waals surface area contributed by atoms with Crippen LogP contribution in [-0.2, 0) is 5.41 Å². The number of fused-ring (bicyclic) bond motifs is 4. The van der Waals surface area contributed by atoms with E-state index in [0.29, 0.717) is 16.2 Å². The van der Waals surface area contributed by atoms with Gasteiger partial charge in [-0.2, -0.15) is 0 Å². The lowest BCUT2D eigenvalue weighted by Gasteiger charge is -2.43. The van der Waals surface area contributed by atoms with Crippen LogP contribution in [0.3, 0.4) is 0 Å². The largest absolute Gasteiger partial charge is 0.224 e. The summed E-state index contributed by atoms with van der Waals surface area (Å²) in [6.45, 7) is 2.55. The summed E-state index contributed by atoms with van der Waals surface area (Å²) in [6.07, 6.45) is 2.83. The van der Waals surface area contributed by atoms with E-state index in [0.717, 1.165) is 41.1 Å². The summed E-state index contributed by atoms with van der Waals surface area (Å²) in [5, 5.41) is 0.902. The van der Waals surface area contributed by atoms with Crippen molar-refractivity contribution in [2.24, 2.45) is 41.4 Å². The molecule has 5 fully saturated rings. The molecule has 1 spiro atoms. The minimum Gasteiger partial charge on any atom is -0.224 e.